The summed E-state index contributed by atoms with van der Waals surface area (Å²) < 4.78 is 25.6. The summed E-state index contributed by atoms with van der Waals surface area (Å²) in [5, 5.41) is 16.4. The topological polar surface area (TPSA) is 115 Å². The second-order valence-electron chi connectivity index (χ2n) is 8.66. The highest BCUT2D eigenvalue weighted by Crippen LogP contribution is 2.32. The van der Waals surface area contributed by atoms with E-state index in [4.69, 9.17) is 0 Å². The summed E-state index contributed by atoms with van der Waals surface area (Å²) in [6, 6.07) is 12.9. The molecule has 2 heterocycles. The summed E-state index contributed by atoms with van der Waals surface area (Å²) in [7, 11) is -1.30. The molecule has 1 unspecified atom stereocenters. The van der Waals surface area contributed by atoms with Crippen LogP contribution >= 0.6 is 0 Å². The van der Waals surface area contributed by atoms with Crippen molar-refractivity contribution in [2.45, 2.75) is 32.9 Å². The third kappa shape index (κ3) is 4.58. The summed E-state index contributed by atoms with van der Waals surface area (Å²) in [5.41, 5.74) is 3.43. The van der Waals surface area contributed by atoms with Gasteiger partial charge in [0.2, 0.25) is 0 Å². The molecule has 2 aromatic carbocycles. The van der Waals surface area contributed by atoms with Crippen LogP contribution in [0.15, 0.2) is 48.5 Å². The summed E-state index contributed by atoms with van der Waals surface area (Å²) >= 11 is 0. The Balaban J connectivity index is 1.62. The first kappa shape index (κ1) is 23.6. The van der Waals surface area contributed by atoms with Gasteiger partial charge < -0.3 is 4.90 Å². The number of anilines is 1. The Labute approximate surface area is 198 Å². The second kappa shape index (κ2) is 9.02. The SMILES string of the molecule is Cc1nn(C2CCS(=O)(=O)C2)c(C)c1CN(C)c1ccc(C(=O)c2ccccc2)cc1[N+](=O)[O-]. The number of aromatic nitrogens is 2. The molecule has 0 saturated carbocycles. The minimum atomic E-state index is -3.05. The number of nitro benzene ring substituents is 1. The number of aryl methyl sites for hydroxylation is 1. The van der Waals surface area contributed by atoms with Crippen LogP contribution in [-0.2, 0) is 16.4 Å². The smallest absolute Gasteiger partial charge is 0.293 e. The fraction of sp³-hybridized carbons (Fsp3) is 0.333. The van der Waals surface area contributed by atoms with Gasteiger partial charge in [0.25, 0.3) is 5.69 Å². The van der Waals surface area contributed by atoms with Crippen molar-refractivity contribution >= 4 is 27.0 Å². The van der Waals surface area contributed by atoms with Gasteiger partial charge in [0.15, 0.2) is 15.6 Å². The molecule has 0 bridgehead atoms. The monoisotopic (exact) mass is 482 g/mol. The molecular weight excluding hydrogens is 456 g/mol. The van der Waals surface area contributed by atoms with Gasteiger partial charge in [-0.25, -0.2) is 8.42 Å². The van der Waals surface area contributed by atoms with Crippen molar-refractivity contribution in [2.75, 3.05) is 23.5 Å². The van der Waals surface area contributed by atoms with Crippen molar-refractivity contribution in [3.05, 3.63) is 86.7 Å². The molecule has 1 aromatic heterocycles. The third-order valence-corrected chi connectivity index (χ3v) is 8.06. The molecule has 0 amide bonds. The lowest BCUT2D eigenvalue weighted by atomic mass is 10.0. The molecule has 10 heteroatoms. The van der Waals surface area contributed by atoms with Crippen molar-refractivity contribution in [3.8, 4) is 0 Å². The lowest BCUT2D eigenvalue weighted by molar-refractivity contribution is -0.384. The molecule has 0 N–H and O–H groups in total. The van der Waals surface area contributed by atoms with Crippen LogP contribution in [0.5, 0.6) is 0 Å². The first-order valence-electron chi connectivity index (χ1n) is 10.9. The van der Waals surface area contributed by atoms with Crippen molar-refractivity contribution < 1.29 is 18.1 Å². The van der Waals surface area contributed by atoms with E-state index in [1.165, 1.54) is 6.07 Å². The van der Waals surface area contributed by atoms with Gasteiger partial charge in [0.05, 0.1) is 28.2 Å². The Morgan fingerprint density at radius 3 is 2.50 bits per heavy atom. The molecule has 1 saturated heterocycles. The molecule has 34 heavy (non-hydrogen) atoms. The maximum atomic E-state index is 12.8. The van der Waals surface area contributed by atoms with Crippen LogP contribution in [-0.4, -0.2) is 47.5 Å². The molecule has 178 valence electrons. The summed E-state index contributed by atoms with van der Waals surface area (Å²) in [6.07, 6.45) is 0.530. The Morgan fingerprint density at radius 2 is 1.88 bits per heavy atom. The van der Waals surface area contributed by atoms with Crippen molar-refractivity contribution in [1.29, 1.82) is 0 Å². The zero-order chi connectivity index (χ0) is 24.6. The van der Waals surface area contributed by atoms with Gasteiger partial charge in [0, 0.05) is 42.0 Å². The molecule has 1 aliphatic rings. The van der Waals surface area contributed by atoms with E-state index in [1.807, 2.05) is 13.8 Å². The molecule has 0 aliphatic carbocycles. The number of carbonyl (C=O) groups is 1. The maximum Gasteiger partial charge on any atom is 0.293 e. The number of rotatable bonds is 7. The molecule has 0 radical (unpaired) electrons. The highest BCUT2D eigenvalue weighted by molar-refractivity contribution is 7.91. The second-order valence-corrected chi connectivity index (χ2v) is 10.9. The molecule has 9 nitrogen and oxygen atoms in total. The largest absolute Gasteiger partial charge is 0.365 e. The standard InChI is InChI=1S/C24H26N4O5S/c1-16-21(17(2)27(25-16)20-11-12-34(32,33)15-20)14-26(3)22-10-9-19(13-23(22)28(30)31)24(29)18-7-5-4-6-8-18/h4-10,13,20H,11-12,14-15H2,1-3H3. The van der Waals surface area contributed by atoms with E-state index in [9.17, 15) is 23.3 Å². The number of carbonyl (C=O) groups excluding carboxylic acids is 1. The number of hydrogen-bond donors (Lipinski definition) is 0. The zero-order valence-electron chi connectivity index (χ0n) is 19.3. The molecule has 3 aromatic rings. The number of benzene rings is 2. The average Bonchev–Trinajstić information content (AvgIpc) is 3.31. The van der Waals surface area contributed by atoms with Crippen LogP contribution in [0.1, 0.15) is 45.3 Å². The van der Waals surface area contributed by atoms with E-state index >= 15 is 0 Å². The summed E-state index contributed by atoms with van der Waals surface area (Å²) in [6.45, 7) is 4.10. The molecule has 1 fully saturated rings. The van der Waals surface area contributed by atoms with Crippen LogP contribution in [0.2, 0.25) is 0 Å². The van der Waals surface area contributed by atoms with Gasteiger partial charge >= 0.3 is 0 Å². The molecule has 1 aliphatic heterocycles. The normalized spacial score (nSPS) is 17.0. The first-order chi connectivity index (χ1) is 16.1. The third-order valence-electron chi connectivity index (χ3n) is 6.31. The van der Waals surface area contributed by atoms with Crippen LogP contribution in [0, 0.1) is 24.0 Å². The van der Waals surface area contributed by atoms with E-state index in [-0.39, 0.29) is 34.6 Å². The Kier molecular flexibility index (Phi) is 6.26. The number of hydrogen-bond acceptors (Lipinski definition) is 7. The summed E-state index contributed by atoms with van der Waals surface area (Å²) in [4.78, 5) is 25.9. The highest BCUT2D eigenvalue weighted by atomic mass is 32.2. The summed E-state index contributed by atoms with van der Waals surface area (Å²) in [5.74, 6) is -0.0460. The molecular formula is C24H26N4O5S. The Hall–Kier alpha value is -3.53. The predicted octanol–water partition coefficient (Wildman–Crippen LogP) is 3.64. The quantitative estimate of drug-likeness (QED) is 0.287. The van der Waals surface area contributed by atoms with Crippen molar-refractivity contribution in [2.24, 2.45) is 0 Å². The number of sulfone groups is 1. The number of nitro groups is 1. The van der Waals surface area contributed by atoms with Crippen LogP contribution in [0.3, 0.4) is 0 Å². The van der Waals surface area contributed by atoms with E-state index in [1.54, 1.807) is 59.1 Å². The van der Waals surface area contributed by atoms with Gasteiger partial charge in [-0.05, 0) is 32.4 Å². The van der Waals surface area contributed by atoms with Gasteiger partial charge in [0.1, 0.15) is 5.69 Å². The van der Waals surface area contributed by atoms with Gasteiger partial charge in [-0.3, -0.25) is 19.6 Å². The van der Waals surface area contributed by atoms with E-state index in [2.05, 4.69) is 5.10 Å². The van der Waals surface area contributed by atoms with Gasteiger partial charge in [-0.2, -0.15) is 5.10 Å². The molecule has 0 spiro atoms. The van der Waals surface area contributed by atoms with Gasteiger partial charge in [-0.1, -0.05) is 30.3 Å². The average molecular weight is 483 g/mol. The van der Waals surface area contributed by atoms with Crippen molar-refractivity contribution in [1.82, 2.24) is 9.78 Å². The zero-order valence-corrected chi connectivity index (χ0v) is 20.1. The first-order valence-corrected chi connectivity index (χ1v) is 12.7. The van der Waals surface area contributed by atoms with E-state index in [0.29, 0.717) is 24.2 Å². The fourth-order valence-electron chi connectivity index (χ4n) is 4.46. The van der Waals surface area contributed by atoms with Crippen LogP contribution in [0.25, 0.3) is 0 Å². The fourth-order valence-corrected chi connectivity index (χ4v) is 6.15. The number of ketones is 1. The van der Waals surface area contributed by atoms with E-state index in [0.717, 1.165) is 17.0 Å². The van der Waals surface area contributed by atoms with Crippen LogP contribution < -0.4 is 4.90 Å². The van der Waals surface area contributed by atoms with Crippen molar-refractivity contribution in [3.63, 3.8) is 0 Å². The van der Waals surface area contributed by atoms with Gasteiger partial charge in [-0.15, -0.1) is 0 Å². The Morgan fingerprint density at radius 1 is 1.18 bits per heavy atom. The Bertz CT molecular complexity index is 1370. The lowest BCUT2D eigenvalue weighted by Gasteiger charge is -2.20. The highest BCUT2D eigenvalue weighted by Gasteiger charge is 2.32. The van der Waals surface area contributed by atoms with E-state index < -0.39 is 14.8 Å². The predicted molar refractivity (Wildman–Crippen MR) is 129 cm³/mol. The lowest BCUT2D eigenvalue weighted by Crippen LogP contribution is -2.19. The van der Waals surface area contributed by atoms with Crippen LogP contribution in [0.4, 0.5) is 11.4 Å². The molecule has 4 rings (SSSR count). The maximum absolute atomic E-state index is 12.8. The minimum absolute atomic E-state index is 0.0760. The minimum Gasteiger partial charge on any atom is -0.365 e. The number of nitrogens with zero attached hydrogens (tertiary/aromatic N) is 4. The molecule has 1 atom stereocenters.